The normalized spacial score (nSPS) is 12.8. The largest absolute Gasteiger partial charge is 0.480 e. The van der Waals surface area contributed by atoms with Crippen LogP contribution in [0.2, 0.25) is 0 Å². The monoisotopic (exact) mass is 284 g/mol. The van der Waals surface area contributed by atoms with Crippen LogP contribution >= 0.6 is 23.1 Å². The second-order valence-corrected chi connectivity index (χ2v) is 6.23. The molecule has 2 rings (SSSR count). The van der Waals surface area contributed by atoms with Crippen molar-refractivity contribution >= 4 is 39.3 Å². The minimum absolute atomic E-state index is 0.216. The number of aryl methyl sites for hydroxylation is 1. The van der Waals surface area contributed by atoms with Crippen molar-refractivity contribution in [2.75, 3.05) is 0 Å². The molecule has 0 aliphatic rings. The van der Waals surface area contributed by atoms with E-state index in [1.54, 1.807) is 13.0 Å². The van der Waals surface area contributed by atoms with Gasteiger partial charge in [0, 0.05) is 4.88 Å². The molecule has 96 valence electrons. The Bertz CT molecular complexity index is 647. The van der Waals surface area contributed by atoms with Crippen molar-refractivity contribution < 1.29 is 9.90 Å². The number of aromatic amines is 1. The molecular formula is C11H12N2O3S2. The van der Waals surface area contributed by atoms with Crippen LogP contribution in [-0.4, -0.2) is 26.3 Å². The van der Waals surface area contributed by atoms with Crippen LogP contribution in [0.25, 0.3) is 10.2 Å². The van der Waals surface area contributed by atoms with Gasteiger partial charge in [0.15, 0.2) is 5.16 Å². The van der Waals surface area contributed by atoms with E-state index in [1.807, 2.05) is 6.92 Å². The van der Waals surface area contributed by atoms with E-state index in [1.165, 1.54) is 11.3 Å². The summed E-state index contributed by atoms with van der Waals surface area (Å²) in [4.78, 5) is 31.3. The molecule has 2 aromatic rings. The lowest BCUT2D eigenvalue weighted by Gasteiger charge is -2.07. The minimum atomic E-state index is -0.896. The van der Waals surface area contributed by atoms with E-state index in [4.69, 9.17) is 5.11 Å². The van der Waals surface area contributed by atoms with Gasteiger partial charge in [-0.25, -0.2) is 4.98 Å². The molecule has 7 heteroatoms. The number of H-pyrrole nitrogens is 1. The molecule has 1 unspecified atom stereocenters. The van der Waals surface area contributed by atoms with Gasteiger partial charge in [0.2, 0.25) is 0 Å². The van der Waals surface area contributed by atoms with E-state index in [0.29, 0.717) is 21.8 Å². The van der Waals surface area contributed by atoms with E-state index in [2.05, 4.69) is 9.97 Å². The molecular weight excluding hydrogens is 272 g/mol. The van der Waals surface area contributed by atoms with Gasteiger partial charge in [0.25, 0.3) is 5.56 Å². The van der Waals surface area contributed by atoms with Crippen LogP contribution in [0.3, 0.4) is 0 Å². The lowest BCUT2D eigenvalue weighted by molar-refractivity contribution is -0.136. The molecule has 0 saturated carbocycles. The molecule has 0 aliphatic heterocycles. The Morgan fingerprint density at radius 1 is 1.67 bits per heavy atom. The van der Waals surface area contributed by atoms with E-state index >= 15 is 0 Å². The Labute approximate surface area is 111 Å². The number of carbonyl (C=O) groups is 1. The Morgan fingerprint density at radius 2 is 2.39 bits per heavy atom. The number of thiophene rings is 1. The zero-order valence-electron chi connectivity index (χ0n) is 9.89. The fourth-order valence-electron chi connectivity index (χ4n) is 1.53. The summed E-state index contributed by atoms with van der Waals surface area (Å²) in [6.45, 7) is 3.70. The molecule has 18 heavy (non-hydrogen) atoms. The van der Waals surface area contributed by atoms with Gasteiger partial charge in [-0.1, -0.05) is 18.7 Å². The smallest absolute Gasteiger partial charge is 0.317 e. The molecule has 0 bridgehead atoms. The highest BCUT2D eigenvalue weighted by Crippen LogP contribution is 2.25. The van der Waals surface area contributed by atoms with Crippen molar-refractivity contribution in [3.05, 3.63) is 21.3 Å². The third-order valence-electron chi connectivity index (χ3n) is 2.40. The minimum Gasteiger partial charge on any atom is -0.480 e. The lowest BCUT2D eigenvalue weighted by Crippen LogP contribution is -2.17. The fourth-order valence-corrected chi connectivity index (χ4v) is 3.30. The summed E-state index contributed by atoms with van der Waals surface area (Å²) >= 11 is 2.51. The highest BCUT2D eigenvalue weighted by Gasteiger charge is 2.18. The third-order valence-corrected chi connectivity index (χ3v) is 4.58. The standard InChI is InChI=1S/C11H12N2O3S2/c1-3-7(10(15)16)18-11-12-8(14)6-4-5(2)17-9(6)13-11/h4,7H,3H2,1-2H3,(H,15,16)(H,12,13,14). The number of carboxylic acids is 1. The summed E-state index contributed by atoms with van der Waals surface area (Å²) in [5, 5.41) is 9.32. The van der Waals surface area contributed by atoms with Crippen LogP contribution in [0.4, 0.5) is 0 Å². The van der Waals surface area contributed by atoms with Gasteiger partial charge in [0.05, 0.1) is 5.39 Å². The molecule has 0 aromatic carbocycles. The van der Waals surface area contributed by atoms with Gasteiger partial charge >= 0.3 is 5.97 Å². The third kappa shape index (κ3) is 2.56. The zero-order chi connectivity index (χ0) is 13.3. The molecule has 2 aromatic heterocycles. The number of hydrogen-bond acceptors (Lipinski definition) is 5. The summed E-state index contributed by atoms with van der Waals surface area (Å²) in [6, 6.07) is 1.79. The van der Waals surface area contributed by atoms with Gasteiger partial charge in [0.1, 0.15) is 10.1 Å². The molecule has 5 nitrogen and oxygen atoms in total. The molecule has 1 atom stereocenters. The molecule has 2 heterocycles. The first-order valence-corrected chi connectivity index (χ1v) is 7.10. The van der Waals surface area contributed by atoms with Crippen molar-refractivity contribution in [1.29, 1.82) is 0 Å². The van der Waals surface area contributed by atoms with Crippen LogP contribution in [-0.2, 0) is 4.79 Å². The number of rotatable bonds is 4. The second-order valence-electron chi connectivity index (χ2n) is 3.80. The Kier molecular flexibility index (Phi) is 3.72. The number of hydrogen-bond donors (Lipinski definition) is 2. The number of aromatic nitrogens is 2. The molecule has 0 saturated heterocycles. The highest BCUT2D eigenvalue weighted by molar-refractivity contribution is 8.00. The van der Waals surface area contributed by atoms with Gasteiger partial charge in [-0.3, -0.25) is 9.59 Å². The average Bonchev–Trinajstić information content (AvgIpc) is 2.66. The van der Waals surface area contributed by atoms with Crippen LogP contribution in [0.1, 0.15) is 18.2 Å². The Morgan fingerprint density at radius 3 is 3.00 bits per heavy atom. The molecule has 0 radical (unpaired) electrons. The van der Waals surface area contributed by atoms with E-state index < -0.39 is 11.2 Å². The van der Waals surface area contributed by atoms with Crippen molar-refractivity contribution in [3.63, 3.8) is 0 Å². The van der Waals surface area contributed by atoms with Crippen molar-refractivity contribution in [2.24, 2.45) is 0 Å². The van der Waals surface area contributed by atoms with Crippen molar-refractivity contribution in [1.82, 2.24) is 9.97 Å². The molecule has 2 N–H and O–H groups in total. The quantitative estimate of drug-likeness (QED) is 0.664. The topological polar surface area (TPSA) is 83.0 Å². The first-order valence-electron chi connectivity index (χ1n) is 5.41. The predicted octanol–water partition coefficient (Wildman–Crippen LogP) is 2.25. The van der Waals surface area contributed by atoms with Crippen molar-refractivity contribution in [3.8, 4) is 0 Å². The maximum Gasteiger partial charge on any atom is 0.317 e. The van der Waals surface area contributed by atoms with E-state index in [-0.39, 0.29) is 5.56 Å². The van der Waals surface area contributed by atoms with E-state index in [0.717, 1.165) is 16.6 Å². The van der Waals surface area contributed by atoms with Gasteiger partial charge in [-0.15, -0.1) is 11.3 Å². The molecule has 0 fully saturated rings. The number of fused-ring (bicyclic) bond motifs is 1. The van der Waals surface area contributed by atoms with Crippen molar-refractivity contribution in [2.45, 2.75) is 30.7 Å². The Hall–Kier alpha value is -1.34. The highest BCUT2D eigenvalue weighted by atomic mass is 32.2. The van der Waals surface area contributed by atoms with E-state index in [9.17, 15) is 9.59 Å². The molecule has 0 spiro atoms. The first kappa shape index (κ1) is 13.1. The average molecular weight is 284 g/mol. The molecule has 0 amide bonds. The predicted molar refractivity (Wildman–Crippen MR) is 72.5 cm³/mol. The zero-order valence-corrected chi connectivity index (χ0v) is 11.5. The van der Waals surface area contributed by atoms with Crippen LogP contribution in [0.5, 0.6) is 0 Å². The lowest BCUT2D eigenvalue weighted by atomic mass is 10.3. The molecule has 0 aliphatic carbocycles. The summed E-state index contributed by atoms with van der Waals surface area (Å²) in [5.74, 6) is -0.896. The van der Waals surface area contributed by atoms with Gasteiger partial charge in [-0.2, -0.15) is 0 Å². The fraction of sp³-hybridized carbons (Fsp3) is 0.364. The summed E-state index contributed by atoms with van der Waals surface area (Å²) in [5.41, 5.74) is -0.216. The maximum atomic E-state index is 11.8. The maximum absolute atomic E-state index is 11.8. The summed E-state index contributed by atoms with van der Waals surface area (Å²) in [7, 11) is 0. The summed E-state index contributed by atoms with van der Waals surface area (Å²) in [6.07, 6.45) is 0.477. The Balaban J connectivity index is 2.40. The van der Waals surface area contributed by atoms with Gasteiger partial charge in [-0.05, 0) is 19.4 Å². The first-order chi connectivity index (χ1) is 8.51. The number of thioether (sulfide) groups is 1. The number of aliphatic carboxylic acids is 1. The SMILES string of the molecule is CCC(Sc1nc2sc(C)cc2c(=O)[nH]1)C(=O)O. The number of carboxylic acid groups (broad SMARTS) is 1. The number of nitrogens with one attached hydrogen (secondary N) is 1. The second kappa shape index (κ2) is 5.11. The van der Waals surface area contributed by atoms with Crippen LogP contribution in [0, 0.1) is 6.92 Å². The van der Waals surface area contributed by atoms with Crippen LogP contribution in [0.15, 0.2) is 16.0 Å². The summed E-state index contributed by atoms with van der Waals surface area (Å²) < 4.78 is 0. The van der Waals surface area contributed by atoms with Gasteiger partial charge < -0.3 is 10.1 Å². The number of nitrogens with zero attached hydrogens (tertiary/aromatic N) is 1. The van der Waals surface area contributed by atoms with Crippen LogP contribution < -0.4 is 5.56 Å².